The van der Waals surface area contributed by atoms with Crippen molar-refractivity contribution in [3.05, 3.63) is 72.6 Å². The minimum atomic E-state index is -0.482. The minimum absolute atomic E-state index is 0.482. The molecule has 0 atom stereocenters. The second kappa shape index (κ2) is 5.52. The summed E-state index contributed by atoms with van der Waals surface area (Å²) >= 11 is 0. The number of nitrogens with one attached hydrogen (secondary N) is 1. The molecule has 100 valence electrons. The molecule has 5 heteroatoms. The van der Waals surface area contributed by atoms with Gasteiger partial charge < -0.3 is 5.32 Å². The lowest BCUT2D eigenvalue weighted by Crippen LogP contribution is -2.02. The highest BCUT2D eigenvalue weighted by Crippen LogP contribution is 2.09. The summed E-state index contributed by atoms with van der Waals surface area (Å²) in [5.74, 6) is -0.482. The zero-order valence-electron chi connectivity index (χ0n) is 10.7. The first-order chi connectivity index (χ1) is 9.81. The molecular formula is C15H13FN4. The lowest BCUT2D eigenvalue weighted by molar-refractivity contribution is 0.584. The molecule has 1 N–H and O–H groups in total. The number of benzene rings is 1. The quantitative estimate of drug-likeness (QED) is 0.740. The van der Waals surface area contributed by atoms with Crippen LogP contribution in [-0.2, 0) is 6.54 Å². The SMILES string of the molecule is Fc1ccc(NCc2ccn(-c3ccccc3)n2)cn1. The van der Waals surface area contributed by atoms with Gasteiger partial charge in [0.25, 0.3) is 0 Å². The third-order valence-corrected chi connectivity index (χ3v) is 2.87. The zero-order valence-corrected chi connectivity index (χ0v) is 10.7. The molecule has 3 rings (SSSR count). The highest BCUT2D eigenvalue weighted by atomic mass is 19.1. The minimum Gasteiger partial charge on any atom is -0.378 e. The molecule has 0 saturated heterocycles. The summed E-state index contributed by atoms with van der Waals surface area (Å²) in [6, 6.07) is 14.8. The number of anilines is 1. The van der Waals surface area contributed by atoms with E-state index < -0.39 is 5.95 Å². The van der Waals surface area contributed by atoms with Crippen LogP contribution in [0.1, 0.15) is 5.69 Å². The van der Waals surface area contributed by atoms with Crippen molar-refractivity contribution >= 4 is 5.69 Å². The molecule has 0 bridgehead atoms. The molecule has 4 nitrogen and oxygen atoms in total. The molecule has 0 aliphatic carbocycles. The lowest BCUT2D eigenvalue weighted by Gasteiger charge is -2.03. The Morgan fingerprint density at radius 3 is 2.65 bits per heavy atom. The molecule has 2 heterocycles. The van der Waals surface area contributed by atoms with Gasteiger partial charge in [-0.25, -0.2) is 9.67 Å². The first-order valence-corrected chi connectivity index (χ1v) is 6.27. The van der Waals surface area contributed by atoms with E-state index in [1.54, 1.807) is 6.07 Å². The summed E-state index contributed by atoms with van der Waals surface area (Å²) in [4.78, 5) is 3.59. The van der Waals surface area contributed by atoms with Crippen molar-refractivity contribution in [3.63, 3.8) is 0 Å². The van der Waals surface area contributed by atoms with E-state index in [1.165, 1.54) is 12.3 Å². The monoisotopic (exact) mass is 268 g/mol. The number of halogens is 1. The number of para-hydroxylation sites is 1. The second-order valence-electron chi connectivity index (χ2n) is 4.31. The summed E-state index contributed by atoms with van der Waals surface area (Å²) in [7, 11) is 0. The molecule has 0 fully saturated rings. The number of aromatic nitrogens is 3. The molecule has 0 aliphatic heterocycles. The zero-order chi connectivity index (χ0) is 13.8. The average molecular weight is 268 g/mol. The van der Waals surface area contributed by atoms with Crippen LogP contribution in [0.25, 0.3) is 5.69 Å². The van der Waals surface area contributed by atoms with Crippen LogP contribution in [0.4, 0.5) is 10.1 Å². The first kappa shape index (κ1) is 12.3. The molecule has 0 spiro atoms. The maximum absolute atomic E-state index is 12.7. The van der Waals surface area contributed by atoms with Gasteiger partial charge in [0.2, 0.25) is 5.95 Å². The second-order valence-corrected chi connectivity index (χ2v) is 4.31. The van der Waals surface area contributed by atoms with Crippen molar-refractivity contribution in [3.8, 4) is 5.69 Å². The average Bonchev–Trinajstić information content (AvgIpc) is 2.97. The van der Waals surface area contributed by atoms with Crippen molar-refractivity contribution in [1.82, 2.24) is 14.8 Å². The summed E-state index contributed by atoms with van der Waals surface area (Å²) in [6.07, 6.45) is 3.37. The van der Waals surface area contributed by atoms with Crippen LogP contribution < -0.4 is 5.32 Å². The molecule has 20 heavy (non-hydrogen) atoms. The number of pyridine rings is 1. The largest absolute Gasteiger partial charge is 0.378 e. The standard InChI is InChI=1S/C15H13FN4/c16-15-7-6-12(10-18-15)17-11-13-8-9-20(19-13)14-4-2-1-3-5-14/h1-10,17H,11H2. The Hall–Kier alpha value is -2.69. The Morgan fingerprint density at radius 2 is 1.90 bits per heavy atom. The third-order valence-electron chi connectivity index (χ3n) is 2.87. The summed E-state index contributed by atoms with van der Waals surface area (Å²) in [5.41, 5.74) is 2.68. The van der Waals surface area contributed by atoms with Crippen LogP contribution in [0.5, 0.6) is 0 Å². The number of nitrogens with zero attached hydrogens (tertiary/aromatic N) is 3. The van der Waals surface area contributed by atoms with Gasteiger partial charge in [-0.2, -0.15) is 9.49 Å². The summed E-state index contributed by atoms with van der Waals surface area (Å²) < 4.78 is 14.5. The fraction of sp³-hybridized carbons (Fsp3) is 0.0667. The van der Waals surface area contributed by atoms with Crippen LogP contribution in [-0.4, -0.2) is 14.8 Å². The van der Waals surface area contributed by atoms with Crippen molar-refractivity contribution < 1.29 is 4.39 Å². The van der Waals surface area contributed by atoms with Crippen LogP contribution >= 0.6 is 0 Å². The van der Waals surface area contributed by atoms with E-state index in [4.69, 9.17) is 0 Å². The predicted molar refractivity (Wildman–Crippen MR) is 75.1 cm³/mol. The molecule has 0 saturated carbocycles. The predicted octanol–water partition coefficient (Wildman–Crippen LogP) is 3.02. The van der Waals surface area contributed by atoms with Gasteiger partial charge in [-0.1, -0.05) is 18.2 Å². The Morgan fingerprint density at radius 1 is 1.05 bits per heavy atom. The van der Waals surface area contributed by atoms with Crippen molar-refractivity contribution in [2.24, 2.45) is 0 Å². The van der Waals surface area contributed by atoms with Gasteiger partial charge in [0.15, 0.2) is 0 Å². The third kappa shape index (κ3) is 2.83. The van der Waals surface area contributed by atoms with E-state index in [9.17, 15) is 4.39 Å². The van der Waals surface area contributed by atoms with Gasteiger partial charge >= 0.3 is 0 Å². The van der Waals surface area contributed by atoms with Crippen molar-refractivity contribution in [2.45, 2.75) is 6.54 Å². The molecule has 0 radical (unpaired) electrons. The highest BCUT2D eigenvalue weighted by molar-refractivity contribution is 5.40. The van der Waals surface area contributed by atoms with Gasteiger partial charge in [-0.05, 0) is 30.3 Å². The maximum Gasteiger partial charge on any atom is 0.212 e. The van der Waals surface area contributed by atoms with E-state index in [1.807, 2.05) is 47.3 Å². The van der Waals surface area contributed by atoms with E-state index in [2.05, 4.69) is 15.4 Å². The molecule has 2 aromatic heterocycles. The molecule has 0 aliphatic rings. The van der Waals surface area contributed by atoms with Gasteiger partial charge in [0, 0.05) is 6.20 Å². The Kier molecular flexibility index (Phi) is 3.41. The van der Waals surface area contributed by atoms with E-state index in [-0.39, 0.29) is 0 Å². The van der Waals surface area contributed by atoms with E-state index in [0.717, 1.165) is 17.1 Å². The van der Waals surface area contributed by atoms with Gasteiger partial charge in [-0.3, -0.25) is 0 Å². The van der Waals surface area contributed by atoms with Gasteiger partial charge in [0.05, 0.1) is 29.8 Å². The van der Waals surface area contributed by atoms with Crippen LogP contribution in [0, 0.1) is 5.95 Å². The highest BCUT2D eigenvalue weighted by Gasteiger charge is 2.01. The van der Waals surface area contributed by atoms with Gasteiger partial charge in [-0.15, -0.1) is 0 Å². The molecule has 3 aromatic rings. The number of hydrogen-bond donors (Lipinski definition) is 1. The summed E-state index contributed by atoms with van der Waals surface area (Å²) in [6.45, 7) is 0.563. The number of hydrogen-bond acceptors (Lipinski definition) is 3. The molecule has 0 unspecified atom stereocenters. The molecule has 1 aromatic carbocycles. The van der Waals surface area contributed by atoms with E-state index >= 15 is 0 Å². The smallest absolute Gasteiger partial charge is 0.212 e. The summed E-state index contributed by atoms with van der Waals surface area (Å²) in [5, 5.41) is 7.62. The molecular weight excluding hydrogens is 255 g/mol. The maximum atomic E-state index is 12.7. The van der Waals surface area contributed by atoms with E-state index in [0.29, 0.717) is 6.54 Å². The number of rotatable bonds is 4. The Labute approximate surface area is 115 Å². The van der Waals surface area contributed by atoms with Gasteiger partial charge in [0.1, 0.15) is 0 Å². The topological polar surface area (TPSA) is 42.7 Å². The van der Waals surface area contributed by atoms with Crippen molar-refractivity contribution in [2.75, 3.05) is 5.32 Å². The normalized spacial score (nSPS) is 10.4. The van der Waals surface area contributed by atoms with Crippen LogP contribution in [0.2, 0.25) is 0 Å². The first-order valence-electron chi connectivity index (χ1n) is 6.27. The van der Waals surface area contributed by atoms with Crippen LogP contribution in [0.15, 0.2) is 60.9 Å². The Balaban J connectivity index is 1.67. The van der Waals surface area contributed by atoms with Crippen molar-refractivity contribution in [1.29, 1.82) is 0 Å². The van der Waals surface area contributed by atoms with Crippen LogP contribution in [0.3, 0.4) is 0 Å². The fourth-order valence-corrected chi connectivity index (χ4v) is 1.85. The lowest BCUT2D eigenvalue weighted by atomic mass is 10.3. The molecule has 0 amide bonds. The Bertz CT molecular complexity index is 677. The fourth-order valence-electron chi connectivity index (χ4n) is 1.85.